The van der Waals surface area contributed by atoms with Crippen LogP contribution in [0.25, 0.3) is 10.9 Å². The van der Waals surface area contributed by atoms with Crippen molar-refractivity contribution < 1.29 is 9.47 Å². The van der Waals surface area contributed by atoms with Crippen LogP contribution in [0.2, 0.25) is 5.02 Å². The van der Waals surface area contributed by atoms with E-state index in [2.05, 4.69) is 11.1 Å². The van der Waals surface area contributed by atoms with E-state index in [1.54, 1.807) is 12.1 Å². The third-order valence-electron chi connectivity index (χ3n) is 3.65. The van der Waals surface area contributed by atoms with Crippen molar-refractivity contribution in [2.45, 2.75) is 26.4 Å². The van der Waals surface area contributed by atoms with Crippen molar-refractivity contribution in [3.05, 3.63) is 59.1 Å². The van der Waals surface area contributed by atoms with Gasteiger partial charge in [0.15, 0.2) is 0 Å². The Morgan fingerprint density at radius 1 is 1.08 bits per heavy atom. The van der Waals surface area contributed by atoms with Crippen LogP contribution >= 0.6 is 11.6 Å². The van der Waals surface area contributed by atoms with Crippen LogP contribution in [0, 0.1) is 0 Å². The summed E-state index contributed by atoms with van der Waals surface area (Å²) in [6, 6.07) is 15.3. The van der Waals surface area contributed by atoms with E-state index in [0.717, 1.165) is 17.3 Å². The summed E-state index contributed by atoms with van der Waals surface area (Å²) in [4.78, 5) is 4.54. The molecule has 0 aliphatic rings. The number of nitrogens with zero attached hydrogens (tertiary/aromatic N) is 1. The number of aromatic nitrogens is 1. The first kappa shape index (κ1) is 17.5. The van der Waals surface area contributed by atoms with Crippen LogP contribution in [0.4, 0.5) is 0 Å². The van der Waals surface area contributed by atoms with Crippen LogP contribution in [0.5, 0.6) is 17.4 Å². The minimum absolute atomic E-state index is 0.0918. The highest BCUT2D eigenvalue weighted by atomic mass is 35.5. The molecule has 0 saturated carbocycles. The Hall–Kier alpha value is -2.30. The second-order valence-electron chi connectivity index (χ2n) is 6.08. The first-order chi connectivity index (χ1) is 12.0. The fourth-order valence-corrected chi connectivity index (χ4v) is 2.77. The molecule has 0 aliphatic heterocycles. The Kier molecular flexibility index (Phi) is 5.41. The Bertz CT molecular complexity index is 881. The molecule has 1 heterocycles. The van der Waals surface area contributed by atoms with E-state index in [1.807, 2.05) is 44.2 Å². The molecular formula is C20H21ClN2O2. The number of benzene rings is 2. The predicted molar refractivity (Wildman–Crippen MR) is 102 cm³/mol. The summed E-state index contributed by atoms with van der Waals surface area (Å²) >= 11 is 6.29. The summed E-state index contributed by atoms with van der Waals surface area (Å²) in [6.07, 6.45) is 0.948. The second kappa shape index (κ2) is 7.72. The van der Waals surface area contributed by atoms with Crippen LogP contribution in [0.1, 0.15) is 19.4 Å². The Balaban J connectivity index is 1.81. The van der Waals surface area contributed by atoms with Crippen LogP contribution < -0.4 is 15.2 Å². The zero-order valence-corrected chi connectivity index (χ0v) is 15.1. The number of pyridine rings is 1. The highest BCUT2D eigenvalue weighted by Gasteiger charge is 2.08. The summed E-state index contributed by atoms with van der Waals surface area (Å²) < 4.78 is 11.5. The molecule has 2 aromatic carbocycles. The second-order valence-corrected chi connectivity index (χ2v) is 6.48. The molecule has 3 aromatic rings. The maximum Gasteiger partial charge on any atom is 0.219 e. The van der Waals surface area contributed by atoms with Gasteiger partial charge in [-0.1, -0.05) is 17.7 Å². The van der Waals surface area contributed by atoms with Gasteiger partial charge in [-0.3, -0.25) is 0 Å². The molecule has 0 amide bonds. The average Bonchev–Trinajstić information content (AvgIpc) is 2.57. The minimum atomic E-state index is 0.0918. The lowest BCUT2D eigenvalue weighted by atomic mass is 10.1. The lowest BCUT2D eigenvalue weighted by molar-refractivity contribution is 0.242. The normalized spacial score (nSPS) is 11.1. The first-order valence-electron chi connectivity index (χ1n) is 8.29. The van der Waals surface area contributed by atoms with Crippen LogP contribution in [0.15, 0.2) is 48.5 Å². The van der Waals surface area contributed by atoms with Crippen molar-refractivity contribution >= 4 is 22.5 Å². The van der Waals surface area contributed by atoms with Gasteiger partial charge in [0.2, 0.25) is 5.88 Å². The van der Waals surface area contributed by atoms with E-state index in [0.29, 0.717) is 28.9 Å². The zero-order valence-electron chi connectivity index (χ0n) is 14.3. The SMILES string of the molecule is CC(C)Oc1ccc(Oc2ccc3cc(CCN)ccc3n2)c(Cl)c1. The average molecular weight is 357 g/mol. The van der Waals surface area contributed by atoms with Gasteiger partial charge in [-0.2, -0.15) is 0 Å². The number of hydrogen-bond donors (Lipinski definition) is 1. The molecule has 0 aliphatic carbocycles. The van der Waals surface area contributed by atoms with E-state index >= 15 is 0 Å². The molecule has 25 heavy (non-hydrogen) atoms. The van der Waals surface area contributed by atoms with Crippen molar-refractivity contribution in [1.29, 1.82) is 0 Å². The summed E-state index contributed by atoms with van der Waals surface area (Å²) in [5, 5.41) is 1.54. The summed E-state index contributed by atoms with van der Waals surface area (Å²) in [7, 11) is 0. The molecule has 1 aromatic heterocycles. The topological polar surface area (TPSA) is 57.4 Å². The van der Waals surface area contributed by atoms with Gasteiger partial charge in [-0.05, 0) is 62.7 Å². The highest BCUT2D eigenvalue weighted by Crippen LogP contribution is 2.32. The summed E-state index contributed by atoms with van der Waals surface area (Å²) in [6.45, 7) is 4.57. The smallest absolute Gasteiger partial charge is 0.219 e. The number of fused-ring (bicyclic) bond motifs is 1. The van der Waals surface area contributed by atoms with Crippen LogP contribution in [-0.2, 0) is 6.42 Å². The number of rotatable bonds is 6. The van der Waals surface area contributed by atoms with Gasteiger partial charge in [0.25, 0.3) is 0 Å². The molecule has 0 atom stereocenters. The highest BCUT2D eigenvalue weighted by molar-refractivity contribution is 6.32. The Labute approximate surface area is 152 Å². The lowest BCUT2D eigenvalue weighted by Gasteiger charge is -2.12. The van der Waals surface area contributed by atoms with Gasteiger partial charge in [0.1, 0.15) is 11.5 Å². The van der Waals surface area contributed by atoms with E-state index in [9.17, 15) is 0 Å². The van der Waals surface area contributed by atoms with Gasteiger partial charge in [-0.15, -0.1) is 0 Å². The molecule has 2 N–H and O–H groups in total. The van der Waals surface area contributed by atoms with E-state index in [1.165, 1.54) is 5.56 Å². The number of halogens is 1. The molecule has 0 fully saturated rings. The van der Waals surface area contributed by atoms with Gasteiger partial charge < -0.3 is 15.2 Å². The van der Waals surface area contributed by atoms with Gasteiger partial charge in [0, 0.05) is 17.5 Å². The molecule has 130 valence electrons. The maximum atomic E-state index is 6.29. The predicted octanol–water partition coefficient (Wildman–Crippen LogP) is 4.97. The summed E-state index contributed by atoms with van der Waals surface area (Å²) in [5.41, 5.74) is 7.68. The molecule has 0 saturated heterocycles. The molecular weight excluding hydrogens is 336 g/mol. The van der Waals surface area contributed by atoms with E-state index in [4.69, 9.17) is 26.8 Å². The van der Waals surface area contributed by atoms with Gasteiger partial charge in [-0.25, -0.2) is 4.98 Å². The van der Waals surface area contributed by atoms with E-state index < -0.39 is 0 Å². The van der Waals surface area contributed by atoms with E-state index in [-0.39, 0.29) is 6.10 Å². The quantitative estimate of drug-likeness (QED) is 0.677. The molecule has 5 heteroatoms. The van der Waals surface area contributed by atoms with Crippen molar-refractivity contribution in [2.24, 2.45) is 5.73 Å². The molecule has 3 rings (SSSR count). The van der Waals surface area contributed by atoms with Crippen LogP contribution in [0.3, 0.4) is 0 Å². The maximum absolute atomic E-state index is 6.29. The fourth-order valence-electron chi connectivity index (χ4n) is 2.56. The zero-order chi connectivity index (χ0) is 17.8. The van der Waals surface area contributed by atoms with Crippen molar-refractivity contribution in [1.82, 2.24) is 4.98 Å². The number of nitrogens with two attached hydrogens (primary N) is 1. The molecule has 0 radical (unpaired) electrons. The first-order valence-corrected chi connectivity index (χ1v) is 8.67. The number of ether oxygens (including phenoxy) is 2. The van der Waals surface area contributed by atoms with Crippen LogP contribution in [-0.4, -0.2) is 17.6 Å². The largest absolute Gasteiger partial charge is 0.491 e. The van der Waals surface area contributed by atoms with Crippen molar-refractivity contribution in [3.63, 3.8) is 0 Å². The van der Waals surface area contributed by atoms with Gasteiger partial charge >= 0.3 is 0 Å². The molecule has 0 unspecified atom stereocenters. The Morgan fingerprint density at radius 3 is 2.64 bits per heavy atom. The monoisotopic (exact) mass is 356 g/mol. The minimum Gasteiger partial charge on any atom is -0.491 e. The van der Waals surface area contributed by atoms with Crippen molar-refractivity contribution in [2.75, 3.05) is 6.54 Å². The standard InChI is InChI=1S/C20H21ClN2O2/c1-13(2)24-16-5-7-19(17(21)12-16)25-20-8-4-15-11-14(9-10-22)3-6-18(15)23-20/h3-8,11-13H,9-10,22H2,1-2H3. The molecule has 0 spiro atoms. The third kappa shape index (κ3) is 4.41. The van der Waals surface area contributed by atoms with Gasteiger partial charge in [0.05, 0.1) is 16.6 Å². The molecule has 4 nitrogen and oxygen atoms in total. The Morgan fingerprint density at radius 2 is 1.92 bits per heavy atom. The fraction of sp³-hybridized carbons (Fsp3) is 0.250. The molecule has 0 bridgehead atoms. The van der Waals surface area contributed by atoms with Crippen molar-refractivity contribution in [3.8, 4) is 17.4 Å². The summed E-state index contributed by atoms with van der Waals surface area (Å²) in [5.74, 6) is 1.76. The third-order valence-corrected chi connectivity index (χ3v) is 3.95. The number of hydrogen-bond acceptors (Lipinski definition) is 4. The lowest BCUT2D eigenvalue weighted by Crippen LogP contribution is -2.05.